The molecule has 1 aliphatic carbocycles. The van der Waals surface area contributed by atoms with Gasteiger partial charge in [-0.25, -0.2) is 4.79 Å². The fourth-order valence-electron chi connectivity index (χ4n) is 4.53. The van der Waals surface area contributed by atoms with E-state index in [0.717, 1.165) is 13.1 Å². The Hall–Kier alpha value is -1.34. The third-order valence-corrected chi connectivity index (χ3v) is 6.34. The third kappa shape index (κ3) is 4.31. The van der Waals surface area contributed by atoms with E-state index in [-0.39, 0.29) is 12.0 Å². The normalized spacial score (nSPS) is 25.0. The van der Waals surface area contributed by atoms with Gasteiger partial charge in [-0.3, -0.25) is 4.79 Å². The molecule has 0 aromatic heterocycles. The number of hydrogen-bond acceptors (Lipinski definition) is 5. The summed E-state index contributed by atoms with van der Waals surface area (Å²) in [5.74, 6) is -0.0184. The van der Waals surface area contributed by atoms with E-state index in [4.69, 9.17) is 10.5 Å². The summed E-state index contributed by atoms with van der Waals surface area (Å²) in [5, 5.41) is 0. The molecule has 2 saturated heterocycles. The molecular formula is C19H34N4O3. The van der Waals surface area contributed by atoms with E-state index in [9.17, 15) is 9.59 Å². The van der Waals surface area contributed by atoms with Gasteiger partial charge >= 0.3 is 6.09 Å². The highest BCUT2D eigenvalue weighted by atomic mass is 16.6. The molecule has 0 aromatic carbocycles. The Labute approximate surface area is 156 Å². The fourth-order valence-corrected chi connectivity index (χ4v) is 4.53. The first kappa shape index (κ1) is 19.4. The number of rotatable bonds is 5. The molecule has 1 atom stereocenters. The molecule has 0 unspecified atom stereocenters. The Balaban J connectivity index is 1.47. The highest BCUT2D eigenvalue weighted by Gasteiger charge is 2.47. The zero-order valence-electron chi connectivity index (χ0n) is 16.3. The minimum atomic E-state index is -0.470. The predicted octanol–water partition coefficient (Wildman–Crippen LogP) is 1.41. The van der Waals surface area contributed by atoms with Crippen LogP contribution in [0.25, 0.3) is 0 Å². The van der Waals surface area contributed by atoms with Crippen LogP contribution in [0.5, 0.6) is 0 Å². The Morgan fingerprint density at radius 3 is 2.58 bits per heavy atom. The van der Waals surface area contributed by atoms with Gasteiger partial charge in [-0.2, -0.15) is 0 Å². The molecule has 2 aliphatic heterocycles. The van der Waals surface area contributed by atoms with Gasteiger partial charge in [-0.15, -0.1) is 0 Å². The number of carbonyl (C=O) groups is 2. The number of carbonyl (C=O) groups excluding carboxylic acids is 2. The summed E-state index contributed by atoms with van der Waals surface area (Å²) in [6.45, 7) is 5.20. The van der Waals surface area contributed by atoms with Gasteiger partial charge in [0.25, 0.3) is 0 Å². The van der Waals surface area contributed by atoms with Crippen molar-refractivity contribution in [3.63, 3.8) is 0 Å². The summed E-state index contributed by atoms with van der Waals surface area (Å²) in [6, 6.07) is 0.186. The molecular weight excluding hydrogens is 332 g/mol. The van der Waals surface area contributed by atoms with Crippen molar-refractivity contribution < 1.29 is 14.3 Å². The largest absolute Gasteiger partial charge is 0.441 e. The van der Waals surface area contributed by atoms with E-state index in [1.807, 2.05) is 4.90 Å². The second-order valence-electron chi connectivity index (χ2n) is 8.36. The lowest BCUT2D eigenvalue weighted by Gasteiger charge is -2.38. The highest BCUT2D eigenvalue weighted by molar-refractivity contribution is 5.81. The first-order chi connectivity index (χ1) is 12.4. The van der Waals surface area contributed by atoms with E-state index < -0.39 is 11.6 Å². The van der Waals surface area contributed by atoms with Crippen LogP contribution in [0.3, 0.4) is 0 Å². The molecule has 3 aliphatic rings. The first-order valence-corrected chi connectivity index (χ1v) is 10.1. The molecule has 26 heavy (non-hydrogen) atoms. The topological polar surface area (TPSA) is 79.1 Å². The minimum Gasteiger partial charge on any atom is -0.441 e. The van der Waals surface area contributed by atoms with Gasteiger partial charge in [0, 0.05) is 45.1 Å². The zero-order chi connectivity index (χ0) is 18.7. The van der Waals surface area contributed by atoms with Crippen LogP contribution in [0, 0.1) is 0 Å². The summed E-state index contributed by atoms with van der Waals surface area (Å²) < 4.78 is 5.77. The summed E-state index contributed by atoms with van der Waals surface area (Å²) in [7, 11) is 2.17. The van der Waals surface area contributed by atoms with Gasteiger partial charge in [0.05, 0.1) is 12.6 Å². The number of hydrogen-bond donors (Lipinski definition) is 1. The number of likely N-dealkylation sites (tertiary alicyclic amines) is 1. The van der Waals surface area contributed by atoms with Crippen molar-refractivity contribution in [2.24, 2.45) is 5.73 Å². The van der Waals surface area contributed by atoms with Crippen LogP contribution in [0.4, 0.5) is 4.79 Å². The number of nitrogens with two attached hydrogens (primary N) is 1. The smallest absolute Gasteiger partial charge is 0.410 e. The predicted molar refractivity (Wildman–Crippen MR) is 99.8 cm³/mol. The van der Waals surface area contributed by atoms with Crippen molar-refractivity contribution >= 4 is 12.0 Å². The van der Waals surface area contributed by atoms with Crippen LogP contribution in [0.15, 0.2) is 0 Å². The van der Waals surface area contributed by atoms with Gasteiger partial charge in [0.2, 0.25) is 5.91 Å². The van der Waals surface area contributed by atoms with Gasteiger partial charge < -0.3 is 25.2 Å². The summed E-state index contributed by atoms with van der Waals surface area (Å²) >= 11 is 0. The van der Waals surface area contributed by atoms with E-state index in [1.54, 1.807) is 11.8 Å². The molecule has 0 aromatic rings. The van der Waals surface area contributed by atoms with Crippen molar-refractivity contribution in [3.05, 3.63) is 0 Å². The van der Waals surface area contributed by atoms with E-state index in [2.05, 4.69) is 11.9 Å². The molecule has 148 valence electrons. The van der Waals surface area contributed by atoms with Crippen molar-refractivity contribution in [1.29, 1.82) is 0 Å². The first-order valence-electron chi connectivity index (χ1n) is 10.1. The maximum Gasteiger partial charge on any atom is 0.410 e. The van der Waals surface area contributed by atoms with Crippen LogP contribution in [0.2, 0.25) is 0 Å². The second kappa shape index (κ2) is 8.13. The van der Waals surface area contributed by atoms with Crippen LogP contribution >= 0.6 is 0 Å². The van der Waals surface area contributed by atoms with Crippen LogP contribution in [0.1, 0.15) is 51.9 Å². The maximum absolute atomic E-state index is 12.3. The standard InChI is InChI=1S/C19H34N4O3/c1-15(20)17(24)22-10-8-19(9-11-22)14-23(18(25)26-19)13-12-21(2)16-6-4-3-5-7-16/h15-16H,3-14,20H2,1-2H3/t15-/m0/s1. The van der Waals surface area contributed by atoms with E-state index in [0.29, 0.717) is 38.5 Å². The number of likely N-dealkylation sites (N-methyl/N-ethyl adjacent to an activating group) is 1. The molecule has 1 saturated carbocycles. The van der Waals surface area contributed by atoms with Crippen molar-refractivity contribution in [2.75, 3.05) is 39.8 Å². The molecule has 0 bridgehead atoms. The number of nitrogens with zero attached hydrogens (tertiary/aromatic N) is 3. The number of ether oxygens (including phenoxy) is 1. The molecule has 7 heteroatoms. The lowest BCUT2D eigenvalue weighted by atomic mass is 9.91. The van der Waals surface area contributed by atoms with Crippen LogP contribution in [-0.2, 0) is 9.53 Å². The second-order valence-corrected chi connectivity index (χ2v) is 8.36. The monoisotopic (exact) mass is 366 g/mol. The molecule has 3 rings (SSSR count). The highest BCUT2D eigenvalue weighted by Crippen LogP contribution is 2.33. The minimum absolute atomic E-state index is 0.0184. The van der Waals surface area contributed by atoms with Crippen molar-refractivity contribution in [3.8, 4) is 0 Å². The van der Waals surface area contributed by atoms with E-state index in [1.165, 1.54) is 32.1 Å². The third-order valence-electron chi connectivity index (χ3n) is 6.34. The number of amides is 2. The lowest BCUT2D eigenvalue weighted by Crippen LogP contribution is -2.52. The van der Waals surface area contributed by atoms with Crippen molar-refractivity contribution in [2.45, 2.75) is 69.6 Å². The Morgan fingerprint density at radius 1 is 1.31 bits per heavy atom. The average molecular weight is 367 g/mol. The molecule has 2 N–H and O–H groups in total. The van der Waals surface area contributed by atoms with Crippen LogP contribution in [-0.4, -0.2) is 84.2 Å². The van der Waals surface area contributed by atoms with Gasteiger partial charge in [-0.1, -0.05) is 19.3 Å². The molecule has 2 amide bonds. The maximum atomic E-state index is 12.3. The Bertz CT molecular complexity index is 511. The summed E-state index contributed by atoms with van der Waals surface area (Å²) in [4.78, 5) is 30.4. The van der Waals surface area contributed by atoms with Crippen LogP contribution < -0.4 is 5.73 Å². The molecule has 2 heterocycles. The van der Waals surface area contributed by atoms with E-state index >= 15 is 0 Å². The SMILES string of the molecule is C[C@H](N)C(=O)N1CCC2(CC1)CN(CCN(C)C1CCCCC1)C(=O)O2. The summed E-state index contributed by atoms with van der Waals surface area (Å²) in [5.41, 5.74) is 5.27. The Kier molecular flexibility index (Phi) is 6.07. The van der Waals surface area contributed by atoms with Gasteiger partial charge in [0.15, 0.2) is 0 Å². The number of piperidine rings is 1. The molecule has 0 radical (unpaired) electrons. The zero-order valence-corrected chi connectivity index (χ0v) is 16.3. The molecule has 1 spiro atoms. The van der Waals surface area contributed by atoms with Crippen molar-refractivity contribution in [1.82, 2.24) is 14.7 Å². The van der Waals surface area contributed by atoms with Gasteiger partial charge in [0.1, 0.15) is 5.60 Å². The molecule has 3 fully saturated rings. The lowest BCUT2D eigenvalue weighted by molar-refractivity contribution is -0.135. The average Bonchev–Trinajstić information content (AvgIpc) is 2.95. The quantitative estimate of drug-likeness (QED) is 0.796. The molecule has 7 nitrogen and oxygen atoms in total. The summed E-state index contributed by atoms with van der Waals surface area (Å²) in [6.07, 6.45) is 7.74. The fraction of sp³-hybridized carbons (Fsp3) is 0.895. The Morgan fingerprint density at radius 2 is 1.96 bits per heavy atom. The van der Waals surface area contributed by atoms with Gasteiger partial charge in [-0.05, 0) is 26.8 Å².